The molecule has 5 nitrogen and oxygen atoms in total. The molecule has 3 atom stereocenters. The summed E-state index contributed by atoms with van der Waals surface area (Å²) in [6.07, 6.45) is 3.93. The lowest BCUT2D eigenvalue weighted by molar-refractivity contribution is -0.143. The quantitative estimate of drug-likeness (QED) is 0.606. The van der Waals surface area contributed by atoms with E-state index in [0.29, 0.717) is 32.2 Å². The minimum Gasteiger partial charge on any atom is -0.481 e. The predicted octanol–water partition coefficient (Wildman–Crippen LogP) is 2.42. The molecule has 1 aromatic carbocycles. The van der Waals surface area contributed by atoms with Gasteiger partial charge in [0, 0.05) is 23.4 Å². The third kappa shape index (κ3) is 3.99. The van der Waals surface area contributed by atoms with Crippen molar-refractivity contribution in [2.45, 2.75) is 37.0 Å². The van der Waals surface area contributed by atoms with Crippen molar-refractivity contribution in [1.82, 2.24) is 10.3 Å². The van der Waals surface area contributed by atoms with Crippen LogP contribution >= 0.6 is 12.6 Å². The second-order valence-corrected chi connectivity index (χ2v) is 7.22. The number of carbonyl (C=O) groups excluding carboxylic acids is 1. The topological polar surface area (TPSA) is 82.2 Å². The molecular weight excluding hydrogens is 324 g/mol. The summed E-state index contributed by atoms with van der Waals surface area (Å²) in [6.45, 7) is 0.578. The minimum absolute atomic E-state index is 0.0590. The Morgan fingerprint density at radius 2 is 2.17 bits per heavy atom. The Morgan fingerprint density at radius 1 is 1.33 bits per heavy atom. The summed E-state index contributed by atoms with van der Waals surface area (Å²) in [6, 6.07) is 7.86. The predicted molar refractivity (Wildman–Crippen MR) is 96.6 cm³/mol. The molecule has 3 rings (SSSR count). The minimum atomic E-state index is -0.809. The smallest absolute Gasteiger partial charge is 0.306 e. The van der Waals surface area contributed by atoms with Crippen LogP contribution in [0.25, 0.3) is 10.9 Å². The number of fused-ring (bicyclic) bond motifs is 1. The largest absolute Gasteiger partial charge is 0.481 e. The van der Waals surface area contributed by atoms with E-state index in [-0.39, 0.29) is 17.1 Å². The average Bonchev–Trinajstić information content (AvgIpc) is 3.02. The second-order valence-electron chi connectivity index (χ2n) is 6.49. The molecule has 0 radical (unpaired) electrons. The van der Waals surface area contributed by atoms with Gasteiger partial charge in [-0.1, -0.05) is 6.07 Å². The molecule has 0 bridgehead atoms. The maximum Gasteiger partial charge on any atom is 0.306 e. The summed E-state index contributed by atoms with van der Waals surface area (Å²) < 4.78 is 0. The van der Waals surface area contributed by atoms with Gasteiger partial charge in [-0.15, -0.1) is 0 Å². The maximum atomic E-state index is 12.4. The summed E-state index contributed by atoms with van der Waals surface area (Å²) in [5, 5.41) is 13.4. The van der Waals surface area contributed by atoms with Gasteiger partial charge in [-0.25, -0.2) is 0 Å². The fourth-order valence-corrected chi connectivity index (χ4v) is 3.73. The molecular formula is C18H22N2O3S. The van der Waals surface area contributed by atoms with Crippen molar-refractivity contribution in [3.8, 4) is 0 Å². The zero-order valence-electron chi connectivity index (χ0n) is 13.4. The number of aromatic amines is 1. The summed E-state index contributed by atoms with van der Waals surface area (Å²) in [5.41, 5.74) is 2.24. The molecule has 1 saturated heterocycles. The maximum absolute atomic E-state index is 12.4. The van der Waals surface area contributed by atoms with Crippen LogP contribution in [-0.4, -0.2) is 39.7 Å². The average molecular weight is 346 g/mol. The first-order chi connectivity index (χ1) is 11.5. The van der Waals surface area contributed by atoms with E-state index in [1.807, 2.05) is 24.4 Å². The van der Waals surface area contributed by atoms with E-state index in [4.69, 9.17) is 5.11 Å². The lowest BCUT2D eigenvalue weighted by Gasteiger charge is -2.27. The Labute approximate surface area is 146 Å². The van der Waals surface area contributed by atoms with E-state index in [1.54, 1.807) is 0 Å². The van der Waals surface area contributed by atoms with Crippen LogP contribution in [0.1, 0.15) is 24.8 Å². The fourth-order valence-electron chi connectivity index (χ4n) is 3.34. The molecule has 3 N–H and O–H groups in total. The molecule has 1 fully saturated rings. The van der Waals surface area contributed by atoms with E-state index < -0.39 is 11.9 Å². The number of piperidine rings is 1. The molecule has 1 aliphatic rings. The van der Waals surface area contributed by atoms with Crippen molar-refractivity contribution in [1.29, 1.82) is 0 Å². The van der Waals surface area contributed by atoms with E-state index in [9.17, 15) is 9.59 Å². The SMILES string of the molecule is O=C(O)C1CCNC(C(=O)CC(S)Cc2ccc3[nH]ccc3c2)C1. The number of carboxylic acid groups (broad SMARTS) is 1. The van der Waals surface area contributed by atoms with Crippen LogP contribution in [0.2, 0.25) is 0 Å². The molecule has 0 spiro atoms. The van der Waals surface area contributed by atoms with Crippen LogP contribution < -0.4 is 5.32 Å². The second kappa shape index (κ2) is 7.40. The van der Waals surface area contributed by atoms with Crippen LogP contribution in [0.5, 0.6) is 0 Å². The van der Waals surface area contributed by atoms with E-state index in [0.717, 1.165) is 16.5 Å². The molecule has 0 saturated carbocycles. The molecule has 1 aliphatic heterocycles. The van der Waals surface area contributed by atoms with Crippen LogP contribution in [0.15, 0.2) is 30.5 Å². The van der Waals surface area contributed by atoms with Gasteiger partial charge in [0.1, 0.15) is 0 Å². The van der Waals surface area contributed by atoms with Crippen molar-refractivity contribution >= 4 is 35.3 Å². The first kappa shape index (κ1) is 17.0. The van der Waals surface area contributed by atoms with Crippen LogP contribution in [-0.2, 0) is 16.0 Å². The van der Waals surface area contributed by atoms with E-state index >= 15 is 0 Å². The van der Waals surface area contributed by atoms with Crippen molar-refractivity contribution in [3.63, 3.8) is 0 Å². The van der Waals surface area contributed by atoms with Gasteiger partial charge >= 0.3 is 5.97 Å². The molecule has 0 aliphatic carbocycles. The fraction of sp³-hybridized carbons (Fsp3) is 0.444. The normalized spacial score (nSPS) is 22.4. The lowest BCUT2D eigenvalue weighted by Crippen LogP contribution is -2.45. The number of hydrogen-bond donors (Lipinski definition) is 4. The first-order valence-corrected chi connectivity index (χ1v) is 8.77. The summed E-state index contributed by atoms with van der Waals surface area (Å²) in [4.78, 5) is 26.7. The van der Waals surface area contributed by atoms with Crippen molar-refractivity contribution in [2.75, 3.05) is 6.54 Å². The van der Waals surface area contributed by atoms with Gasteiger partial charge in [-0.2, -0.15) is 12.6 Å². The highest BCUT2D eigenvalue weighted by atomic mass is 32.1. The summed E-state index contributed by atoms with van der Waals surface area (Å²) in [7, 11) is 0. The Kier molecular flexibility index (Phi) is 5.26. The lowest BCUT2D eigenvalue weighted by atomic mass is 9.89. The third-order valence-corrected chi connectivity index (χ3v) is 5.03. The number of hydrogen-bond acceptors (Lipinski definition) is 4. The zero-order chi connectivity index (χ0) is 17.1. The van der Waals surface area contributed by atoms with Gasteiger partial charge in [-0.05, 0) is 55.0 Å². The molecule has 6 heteroatoms. The van der Waals surface area contributed by atoms with Gasteiger partial charge in [0.15, 0.2) is 5.78 Å². The molecule has 24 heavy (non-hydrogen) atoms. The molecule has 2 heterocycles. The van der Waals surface area contributed by atoms with Gasteiger partial charge in [0.25, 0.3) is 0 Å². The van der Waals surface area contributed by atoms with Gasteiger partial charge in [0.05, 0.1) is 12.0 Å². The number of carboxylic acids is 1. The summed E-state index contributed by atoms with van der Waals surface area (Å²) >= 11 is 4.57. The molecule has 0 amide bonds. The summed E-state index contributed by atoms with van der Waals surface area (Å²) in [5.74, 6) is -1.17. The van der Waals surface area contributed by atoms with Crippen molar-refractivity contribution < 1.29 is 14.7 Å². The number of Topliss-reactive ketones (excluding diaryl/α,β-unsaturated/α-hetero) is 1. The Bertz CT molecular complexity index is 743. The van der Waals surface area contributed by atoms with Gasteiger partial charge in [0.2, 0.25) is 0 Å². The van der Waals surface area contributed by atoms with Crippen LogP contribution in [0, 0.1) is 5.92 Å². The number of rotatable bonds is 6. The number of benzene rings is 1. The Hall–Kier alpha value is -1.79. The number of H-pyrrole nitrogens is 1. The number of carbonyl (C=O) groups is 2. The number of thiol groups is 1. The number of aromatic nitrogens is 1. The van der Waals surface area contributed by atoms with Gasteiger partial charge in [-0.3, -0.25) is 9.59 Å². The number of ketones is 1. The molecule has 128 valence electrons. The van der Waals surface area contributed by atoms with Gasteiger partial charge < -0.3 is 15.4 Å². The van der Waals surface area contributed by atoms with E-state index in [2.05, 4.69) is 29.0 Å². The first-order valence-electron chi connectivity index (χ1n) is 8.26. The Morgan fingerprint density at radius 3 is 2.96 bits per heavy atom. The number of nitrogens with one attached hydrogen (secondary N) is 2. The standard InChI is InChI=1S/C18H22N2O3S/c21-17(16-9-13(18(22)23)4-6-20-16)10-14(24)8-11-1-2-15-12(7-11)3-5-19-15/h1-3,5,7,13-14,16,19-20,24H,4,6,8-10H2,(H,22,23). The highest BCUT2D eigenvalue weighted by Crippen LogP contribution is 2.21. The highest BCUT2D eigenvalue weighted by molar-refractivity contribution is 7.81. The van der Waals surface area contributed by atoms with Crippen LogP contribution in [0.4, 0.5) is 0 Å². The number of aliphatic carboxylic acids is 1. The van der Waals surface area contributed by atoms with Crippen molar-refractivity contribution in [2.24, 2.45) is 5.92 Å². The molecule has 2 aromatic rings. The highest BCUT2D eigenvalue weighted by Gasteiger charge is 2.31. The third-order valence-electron chi connectivity index (χ3n) is 4.67. The monoisotopic (exact) mass is 346 g/mol. The zero-order valence-corrected chi connectivity index (χ0v) is 14.3. The molecule has 1 aromatic heterocycles. The molecule has 3 unspecified atom stereocenters. The van der Waals surface area contributed by atoms with Crippen LogP contribution in [0.3, 0.4) is 0 Å². The van der Waals surface area contributed by atoms with Crippen molar-refractivity contribution in [3.05, 3.63) is 36.0 Å². The Balaban J connectivity index is 1.56. The van der Waals surface area contributed by atoms with E-state index in [1.165, 1.54) is 0 Å².